The monoisotopic (exact) mass is 698 g/mol. The highest BCUT2D eigenvalue weighted by Gasteiger charge is 2.54. The number of aliphatic hydroxyl groups excluding tert-OH is 1. The third-order valence-corrected chi connectivity index (χ3v) is 9.44. The molecule has 1 aromatic carbocycles. The molecule has 50 heavy (non-hydrogen) atoms. The molecule has 2 aliphatic heterocycles. The molecule has 2 aliphatic carbocycles. The summed E-state index contributed by atoms with van der Waals surface area (Å²) < 4.78 is 54.3. The molecular formula is C37H49F3N6O4. The molecule has 1 amide bonds. The molecule has 1 saturated heterocycles. The molecule has 0 radical (unpaired) electrons. The van der Waals surface area contributed by atoms with E-state index in [1.54, 1.807) is 13.8 Å². The Morgan fingerprint density at radius 1 is 1.10 bits per heavy atom. The van der Waals surface area contributed by atoms with Gasteiger partial charge in [-0.25, -0.2) is 23.1 Å². The lowest BCUT2D eigenvalue weighted by molar-refractivity contribution is -0.120. The summed E-state index contributed by atoms with van der Waals surface area (Å²) in [5, 5.41) is 11.3. The first kappa shape index (κ1) is 37.3. The number of hydrogen-bond donors (Lipinski definition) is 2. The highest BCUT2D eigenvalue weighted by Crippen LogP contribution is 2.52. The van der Waals surface area contributed by atoms with E-state index in [9.17, 15) is 18.0 Å². The number of pyridine rings is 1. The van der Waals surface area contributed by atoms with E-state index < -0.39 is 36.5 Å². The third-order valence-electron chi connectivity index (χ3n) is 9.44. The van der Waals surface area contributed by atoms with Crippen molar-refractivity contribution < 1.29 is 32.5 Å². The number of carbonyl (C=O) groups excluding carboxylic acids is 1. The minimum absolute atomic E-state index is 0.0312. The molecule has 272 valence electrons. The third kappa shape index (κ3) is 8.15. The topological polar surface area (TPSA) is 113 Å². The number of ether oxygens (including phenoxy) is 2. The number of hydrogen-bond acceptors (Lipinski definition) is 9. The van der Waals surface area contributed by atoms with Gasteiger partial charge < -0.3 is 29.7 Å². The van der Waals surface area contributed by atoms with Gasteiger partial charge in [0.1, 0.15) is 29.7 Å². The highest BCUT2D eigenvalue weighted by molar-refractivity contribution is 5.97. The van der Waals surface area contributed by atoms with Gasteiger partial charge in [-0.05, 0) is 57.4 Å². The summed E-state index contributed by atoms with van der Waals surface area (Å²) in [7, 11) is 0. The van der Waals surface area contributed by atoms with Crippen molar-refractivity contribution >= 4 is 11.7 Å². The van der Waals surface area contributed by atoms with Crippen molar-refractivity contribution in [3.63, 3.8) is 0 Å². The second-order valence-electron chi connectivity index (χ2n) is 13.6. The molecule has 4 heterocycles. The molecule has 3 aromatic rings. The number of nitrogens with zero attached hydrogens (tertiary/aromatic N) is 5. The summed E-state index contributed by atoms with van der Waals surface area (Å²) in [6.45, 7) is 13.0. The zero-order valence-corrected chi connectivity index (χ0v) is 29.6. The van der Waals surface area contributed by atoms with Gasteiger partial charge in [-0.1, -0.05) is 20.8 Å². The van der Waals surface area contributed by atoms with Crippen LogP contribution in [0.25, 0.3) is 0 Å². The fraction of sp³-hybridized carbons (Fsp3) is 0.568. The summed E-state index contributed by atoms with van der Waals surface area (Å²) in [5.74, 6) is -2.04. The number of alkyl halides is 2. The Labute approximate surface area is 292 Å². The van der Waals surface area contributed by atoms with Gasteiger partial charge in [0.15, 0.2) is 11.6 Å². The van der Waals surface area contributed by atoms with Gasteiger partial charge in [0.25, 0.3) is 11.8 Å². The minimum Gasteiger partial charge on any atom is -0.490 e. The first-order valence-corrected chi connectivity index (χ1v) is 17.7. The van der Waals surface area contributed by atoms with Crippen molar-refractivity contribution in [3.05, 3.63) is 65.6 Å². The van der Waals surface area contributed by atoms with Gasteiger partial charge in [0.2, 0.25) is 0 Å². The molecule has 2 saturated carbocycles. The van der Waals surface area contributed by atoms with Crippen molar-refractivity contribution in [2.45, 2.75) is 104 Å². The summed E-state index contributed by atoms with van der Waals surface area (Å²) in [6.07, 6.45) is 7.73. The Morgan fingerprint density at radius 3 is 2.48 bits per heavy atom. The van der Waals surface area contributed by atoms with Crippen LogP contribution in [0, 0.1) is 11.2 Å². The molecule has 10 nitrogen and oxygen atoms in total. The molecule has 1 spiro atoms. The summed E-state index contributed by atoms with van der Waals surface area (Å²) >= 11 is 0. The Hall–Kier alpha value is -3.97. The van der Waals surface area contributed by atoms with Gasteiger partial charge in [0, 0.05) is 87.0 Å². The molecule has 13 heteroatoms. The zero-order valence-electron chi connectivity index (χ0n) is 29.6. The van der Waals surface area contributed by atoms with Gasteiger partial charge in [0.05, 0.1) is 11.8 Å². The van der Waals surface area contributed by atoms with Crippen LogP contribution in [0.1, 0.15) is 88.3 Å². The van der Waals surface area contributed by atoms with Gasteiger partial charge in [-0.2, -0.15) is 0 Å². The van der Waals surface area contributed by atoms with Crippen LogP contribution in [0.2, 0.25) is 0 Å². The molecule has 0 unspecified atom stereocenters. The van der Waals surface area contributed by atoms with E-state index >= 15 is 0 Å². The van der Waals surface area contributed by atoms with Crippen LogP contribution in [0.15, 0.2) is 43.0 Å². The molecule has 2 aromatic heterocycles. The van der Waals surface area contributed by atoms with Crippen LogP contribution in [0.4, 0.5) is 19.0 Å². The van der Waals surface area contributed by atoms with E-state index in [1.807, 2.05) is 33.0 Å². The predicted molar refractivity (Wildman–Crippen MR) is 184 cm³/mol. The van der Waals surface area contributed by atoms with E-state index in [0.29, 0.717) is 18.2 Å². The average molecular weight is 699 g/mol. The lowest BCUT2D eigenvalue weighted by atomic mass is 9.61. The maximum atomic E-state index is 14.4. The maximum Gasteiger partial charge on any atom is 0.258 e. The first-order chi connectivity index (χ1) is 24.0. The zero-order chi connectivity index (χ0) is 36.1. The molecular weight excluding hydrogens is 649 g/mol. The minimum atomic E-state index is -2.80. The molecule has 3 fully saturated rings. The first-order valence-electron chi connectivity index (χ1n) is 17.7. The Morgan fingerprint density at radius 2 is 1.82 bits per heavy atom. The van der Waals surface area contributed by atoms with Gasteiger partial charge >= 0.3 is 0 Å². The lowest BCUT2D eigenvalue weighted by Gasteiger charge is -2.59. The number of carbonyl (C=O) groups is 1. The van der Waals surface area contributed by atoms with Crippen molar-refractivity contribution in [3.8, 4) is 17.2 Å². The van der Waals surface area contributed by atoms with E-state index in [4.69, 9.17) is 14.6 Å². The largest absolute Gasteiger partial charge is 0.490 e. The molecule has 0 bridgehead atoms. The van der Waals surface area contributed by atoms with Crippen molar-refractivity contribution in [2.75, 3.05) is 31.1 Å². The fourth-order valence-corrected chi connectivity index (χ4v) is 7.08. The lowest BCUT2D eigenvalue weighted by Crippen LogP contribution is -2.65. The van der Waals surface area contributed by atoms with Gasteiger partial charge in [-0.3, -0.25) is 9.78 Å². The maximum absolute atomic E-state index is 14.4. The number of rotatable bonds is 9. The van der Waals surface area contributed by atoms with Gasteiger partial charge in [-0.15, -0.1) is 0 Å². The Bertz CT molecular complexity index is 1600. The quantitative estimate of drug-likeness (QED) is 0.257. The van der Waals surface area contributed by atoms with E-state index in [2.05, 4.69) is 25.2 Å². The smallest absolute Gasteiger partial charge is 0.258 e. The number of aliphatic hydroxyl groups is 1. The Kier molecular flexibility index (Phi) is 11.9. The Balaban J connectivity index is 0.000000758. The predicted octanol–water partition coefficient (Wildman–Crippen LogP) is 6.56. The van der Waals surface area contributed by atoms with Crippen molar-refractivity contribution in [2.24, 2.45) is 5.41 Å². The van der Waals surface area contributed by atoms with E-state index in [1.165, 1.54) is 29.6 Å². The number of amides is 1. The SMILES string of the molecule is CC.CC(C)N(C(=O)c1cc(F)ccc1Oc1cncnc1N1CC2(CC(Oc3ccnc4c3CNCC4)C2)C1)C1CC(F)(F)C1.CCCO. The molecule has 0 atom stereocenters. The summed E-state index contributed by atoms with van der Waals surface area (Å²) in [6, 6.07) is 4.64. The number of halogens is 3. The number of benzene rings is 1. The highest BCUT2D eigenvalue weighted by atomic mass is 19.3. The van der Waals surface area contributed by atoms with Crippen LogP contribution < -0.4 is 19.7 Å². The second kappa shape index (κ2) is 15.9. The molecule has 2 N–H and O–H groups in total. The van der Waals surface area contributed by atoms with Crippen molar-refractivity contribution in [1.82, 2.24) is 25.2 Å². The van der Waals surface area contributed by atoms with Crippen LogP contribution >= 0.6 is 0 Å². The standard InChI is InChI=1S/C32H35F3N6O3.C3H8O.C2H6/c1-19(2)41(21-10-32(34,35)11-21)30(42)23-9-20(33)3-4-26(23)44-28-15-37-18-39-29(28)40-16-31(17-40)12-22(13-31)43-27-6-8-38-25-5-7-36-14-24(25)27;1-2-3-4;1-2/h3-4,6,8-9,15,18-19,21-22,36H,5,7,10-14,16-17H2,1-2H3;4H,2-3H2,1H3;1-2H3. The van der Waals surface area contributed by atoms with Crippen LogP contribution in [0.5, 0.6) is 17.2 Å². The van der Waals surface area contributed by atoms with E-state index in [-0.39, 0.29) is 28.9 Å². The van der Waals surface area contributed by atoms with Crippen molar-refractivity contribution in [1.29, 1.82) is 0 Å². The molecule has 7 rings (SSSR count). The average Bonchev–Trinajstić information content (AvgIpc) is 3.06. The summed E-state index contributed by atoms with van der Waals surface area (Å²) in [4.78, 5) is 30.2. The normalized spacial score (nSPS) is 18.6. The van der Waals surface area contributed by atoms with E-state index in [0.717, 1.165) is 74.9 Å². The summed E-state index contributed by atoms with van der Waals surface area (Å²) in [5.41, 5.74) is 2.35. The van der Waals surface area contributed by atoms with Crippen LogP contribution in [-0.4, -0.2) is 81.2 Å². The molecule has 4 aliphatic rings. The number of fused-ring (bicyclic) bond motifs is 1. The van der Waals surface area contributed by atoms with Crippen LogP contribution in [-0.2, 0) is 13.0 Å². The number of aromatic nitrogens is 3. The number of anilines is 1. The van der Waals surface area contributed by atoms with Crippen LogP contribution in [0.3, 0.4) is 0 Å². The second-order valence-corrected chi connectivity index (χ2v) is 13.6. The fourth-order valence-electron chi connectivity index (χ4n) is 7.08. The number of nitrogens with one attached hydrogen (secondary N) is 1.